The zero-order valence-corrected chi connectivity index (χ0v) is 15.4. The maximum absolute atomic E-state index is 12.6. The highest BCUT2D eigenvalue weighted by molar-refractivity contribution is 6.01. The Balaban J connectivity index is 1.79. The first kappa shape index (κ1) is 18.6. The minimum Gasteiger partial charge on any atom is -0.479 e. The molecule has 140 valence electrons. The van der Waals surface area contributed by atoms with Gasteiger partial charge in [0.1, 0.15) is 6.54 Å². The van der Waals surface area contributed by atoms with E-state index in [1.165, 1.54) is 4.90 Å². The molecule has 0 saturated heterocycles. The van der Waals surface area contributed by atoms with Gasteiger partial charge in [0.15, 0.2) is 6.04 Å². The fraction of sp³-hybridized carbons (Fsp3) is 0.286. The number of carbonyl (C=O) groups is 3. The summed E-state index contributed by atoms with van der Waals surface area (Å²) in [5.74, 6) is -1.78. The Morgan fingerprint density at radius 3 is 2.44 bits per heavy atom. The lowest BCUT2D eigenvalue weighted by atomic mass is 10.0. The summed E-state index contributed by atoms with van der Waals surface area (Å²) in [7, 11) is 0. The van der Waals surface area contributed by atoms with Crippen molar-refractivity contribution in [3.63, 3.8) is 0 Å². The van der Waals surface area contributed by atoms with Crippen molar-refractivity contribution in [1.82, 2.24) is 5.32 Å². The molecule has 0 saturated carbocycles. The van der Waals surface area contributed by atoms with Crippen molar-refractivity contribution in [2.24, 2.45) is 0 Å². The molecule has 0 radical (unpaired) electrons. The van der Waals surface area contributed by atoms with Crippen LogP contribution in [0.2, 0.25) is 0 Å². The highest BCUT2D eigenvalue weighted by Gasteiger charge is 2.28. The molecule has 0 aliphatic carbocycles. The van der Waals surface area contributed by atoms with Gasteiger partial charge in [0.2, 0.25) is 11.8 Å². The number of carboxylic acid groups (broad SMARTS) is 1. The van der Waals surface area contributed by atoms with Gasteiger partial charge in [-0.05, 0) is 37.5 Å². The summed E-state index contributed by atoms with van der Waals surface area (Å²) < 4.78 is 0. The third-order valence-electron chi connectivity index (χ3n) is 4.62. The quantitative estimate of drug-likeness (QED) is 0.851. The van der Waals surface area contributed by atoms with E-state index in [2.05, 4.69) is 5.32 Å². The SMILES string of the molecule is Cc1cc(C)cc(C(NC(=O)CN2C(=O)CCc3ccccc32)C(=O)O)c1. The van der Waals surface area contributed by atoms with Gasteiger partial charge >= 0.3 is 5.97 Å². The first-order valence-electron chi connectivity index (χ1n) is 8.84. The minimum absolute atomic E-state index is 0.137. The second kappa shape index (κ2) is 7.61. The van der Waals surface area contributed by atoms with E-state index in [1.54, 1.807) is 18.2 Å². The molecule has 0 spiro atoms. The van der Waals surface area contributed by atoms with Crippen LogP contribution in [0.5, 0.6) is 0 Å². The molecule has 1 unspecified atom stereocenters. The van der Waals surface area contributed by atoms with Gasteiger partial charge in [0.05, 0.1) is 0 Å². The van der Waals surface area contributed by atoms with Crippen LogP contribution in [0, 0.1) is 13.8 Å². The molecule has 2 aromatic rings. The van der Waals surface area contributed by atoms with Gasteiger partial charge in [-0.3, -0.25) is 9.59 Å². The molecule has 2 aromatic carbocycles. The molecule has 2 N–H and O–H groups in total. The number of nitrogens with zero attached hydrogens (tertiary/aromatic N) is 1. The molecular formula is C21H22N2O4. The highest BCUT2D eigenvalue weighted by atomic mass is 16.4. The molecule has 1 aliphatic rings. The minimum atomic E-state index is -1.16. The van der Waals surface area contributed by atoms with E-state index in [-0.39, 0.29) is 12.5 Å². The third kappa shape index (κ3) is 4.16. The molecule has 6 nitrogen and oxygen atoms in total. The Morgan fingerprint density at radius 1 is 1.11 bits per heavy atom. The number of para-hydroxylation sites is 1. The molecule has 3 rings (SSSR count). The molecule has 0 fully saturated rings. The lowest BCUT2D eigenvalue weighted by molar-refractivity contribution is -0.141. The average molecular weight is 366 g/mol. The number of hydrogen-bond acceptors (Lipinski definition) is 3. The number of hydrogen-bond donors (Lipinski definition) is 2. The second-order valence-corrected chi connectivity index (χ2v) is 6.87. The van der Waals surface area contributed by atoms with Crippen molar-refractivity contribution < 1.29 is 19.5 Å². The highest BCUT2D eigenvalue weighted by Crippen LogP contribution is 2.27. The van der Waals surface area contributed by atoms with E-state index < -0.39 is 17.9 Å². The van der Waals surface area contributed by atoms with Crippen molar-refractivity contribution in [1.29, 1.82) is 0 Å². The molecule has 0 bridgehead atoms. The summed E-state index contributed by atoms with van der Waals surface area (Å²) in [6.45, 7) is 3.55. The number of benzene rings is 2. The van der Waals surface area contributed by atoms with Crippen LogP contribution in [0.4, 0.5) is 5.69 Å². The Bertz CT molecular complexity index is 887. The van der Waals surface area contributed by atoms with Gasteiger partial charge in [0.25, 0.3) is 0 Å². The van der Waals surface area contributed by atoms with Crippen LogP contribution in [0.1, 0.15) is 34.7 Å². The molecule has 27 heavy (non-hydrogen) atoms. The summed E-state index contributed by atoms with van der Waals surface area (Å²) in [6, 6.07) is 11.7. The van der Waals surface area contributed by atoms with Gasteiger partial charge in [0, 0.05) is 12.1 Å². The fourth-order valence-corrected chi connectivity index (χ4v) is 3.48. The average Bonchev–Trinajstić information content (AvgIpc) is 2.61. The van der Waals surface area contributed by atoms with Crippen LogP contribution in [0.3, 0.4) is 0 Å². The van der Waals surface area contributed by atoms with Crippen molar-refractivity contribution in [3.05, 3.63) is 64.7 Å². The monoisotopic (exact) mass is 366 g/mol. The number of fused-ring (bicyclic) bond motifs is 1. The molecule has 6 heteroatoms. The summed E-state index contributed by atoms with van der Waals surface area (Å²) in [6.07, 6.45) is 0.983. The van der Waals surface area contributed by atoms with Gasteiger partial charge in [-0.2, -0.15) is 0 Å². The predicted octanol–water partition coefficient (Wildman–Crippen LogP) is 2.52. The van der Waals surface area contributed by atoms with Crippen LogP contribution in [-0.4, -0.2) is 29.4 Å². The van der Waals surface area contributed by atoms with Crippen LogP contribution >= 0.6 is 0 Å². The van der Waals surface area contributed by atoms with Crippen LogP contribution < -0.4 is 10.2 Å². The van der Waals surface area contributed by atoms with E-state index >= 15 is 0 Å². The van der Waals surface area contributed by atoms with Crippen molar-refractivity contribution in [2.75, 3.05) is 11.4 Å². The number of carboxylic acids is 1. The van der Waals surface area contributed by atoms with Gasteiger partial charge in [-0.25, -0.2) is 4.79 Å². The second-order valence-electron chi connectivity index (χ2n) is 6.87. The lowest BCUT2D eigenvalue weighted by Crippen LogP contribution is -2.45. The molecular weight excluding hydrogens is 344 g/mol. The molecule has 1 atom stereocenters. The van der Waals surface area contributed by atoms with Crippen molar-refractivity contribution in [3.8, 4) is 0 Å². The Morgan fingerprint density at radius 2 is 1.78 bits per heavy atom. The first-order chi connectivity index (χ1) is 12.8. The number of nitrogens with one attached hydrogen (secondary N) is 1. The molecule has 0 aromatic heterocycles. The Kier molecular flexibility index (Phi) is 5.26. The van der Waals surface area contributed by atoms with Crippen molar-refractivity contribution >= 4 is 23.5 Å². The number of rotatable bonds is 5. The van der Waals surface area contributed by atoms with E-state index in [0.717, 1.165) is 16.7 Å². The largest absolute Gasteiger partial charge is 0.479 e. The Labute approximate surface area is 157 Å². The van der Waals surface area contributed by atoms with Gasteiger partial charge in [-0.15, -0.1) is 0 Å². The number of aryl methyl sites for hydroxylation is 3. The maximum atomic E-state index is 12.6. The number of aliphatic carboxylic acids is 1. The van der Waals surface area contributed by atoms with Crippen LogP contribution in [0.15, 0.2) is 42.5 Å². The standard InChI is InChI=1S/C21H22N2O4/c1-13-9-14(2)11-16(10-13)20(21(26)27)22-18(24)12-23-17-6-4-3-5-15(17)7-8-19(23)25/h3-6,9-11,20H,7-8,12H2,1-2H3,(H,22,24)(H,26,27). The van der Waals surface area contributed by atoms with Crippen LogP contribution in [-0.2, 0) is 20.8 Å². The van der Waals surface area contributed by atoms with Gasteiger partial charge < -0.3 is 15.3 Å². The lowest BCUT2D eigenvalue weighted by Gasteiger charge is -2.29. The Hall–Kier alpha value is -3.15. The topological polar surface area (TPSA) is 86.7 Å². The molecule has 1 aliphatic heterocycles. The number of carbonyl (C=O) groups excluding carboxylic acids is 2. The zero-order valence-electron chi connectivity index (χ0n) is 15.4. The summed E-state index contributed by atoms with van der Waals surface area (Å²) >= 11 is 0. The summed E-state index contributed by atoms with van der Waals surface area (Å²) in [4.78, 5) is 38.0. The fourth-order valence-electron chi connectivity index (χ4n) is 3.48. The van der Waals surface area contributed by atoms with E-state index in [1.807, 2.05) is 38.1 Å². The number of amides is 2. The predicted molar refractivity (Wildman–Crippen MR) is 102 cm³/mol. The van der Waals surface area contributed by atoms with E-state index in [9.17, 15) is 19.5 Å². The maximum Gasteiger partial charge on any atom is 0.330 e. The third-order valence-corrected chi connectivity index (χ3v) is 4.62. The van der Waals surface area contributed by atoms with E-state index in [4.69, 9.17) is 0 Å². The number of anilines is 1. The smallest absolute Gasteiger partial charge is 0.330 e. The van der Waals surface area contributed by atoms with Crippen molar-refractivity contribution in [2.45, 2.75) is 32.7 Å². The summed E-state index contributed by atoms with van der Waals surface area (Å²) in [5.41, 5.74) is 4.08. The van der Waals surface area contributed by atoms with Gasteiger partial charge in [-0.1, -0.05) is 47.5 Å². The van der Waals surface area contributed by atoms with E-state index in [0.29, 0.717) is 24.1 Å². The summed E-state index contributed by atoms with van der Waals surface area (Å²) in [5, 5.41) is 12.1. The molecule has 2 amide bonds. The normalized spacial score (nSPS) is 14.4. The van der Waals surface area contributed by atoms with Crippen LogP contribution in [0.25, 0.3) is 0 Å². The zero-order chi connectivity index (χ0) is 19.6. The first-order valence-corrected chi connectivity index (χ1v) is 8.84. The molecule has 1 heterocycles.